The second-order valence-electron chi connectivity index (χ2n) is 3.23. The Labute approximate surface area is 69.1 Å². The first-order valence-corrected chi connectivity index (χ1v) is 4.35. The topological polar surface area (TPSA) is 24.1 Å². The van der Waals surface area contributed by atoms with Crippen LogP contribution in [-0.2, 0) is 0 Å². The highest BCUT2D eigenvalue weighted by Gasteiger charge is 2.43. The zero-order valence-electron chi connectivity index (χ0n) is 7.70. The van der Waals surface area contributed by atoms with Crippen LogP contribution in [0.15, 0.2) is 11.9 Å². The van der Waals surface area contributed by atoms with E-state index in [1.807, 2.05) is 14.1 Å². The lowest BCUT2D eigenvalue weighted by molar-refractivity contribution is 0.542. The molecule has 1 fully saturated rings. The molecule has 0 atom stereocenters. The van der Waals surface area contributed by atoms with Gasteiger partial charge in [-0.15, -0.1) is 0 Å². The molecule has 1 saturated carbocycles. The molecule has 0 saturated heterocycles. The van der Waals surface area contributed by atoms with Gasteiger partial charge in [-0.05, 0) is 19.3 Å². The standard InChI is InChI=1S/C9H18N2/c1-4-9(5-6-9)8(11-3)7-10-2/h7,10-11H,4-6H2,1-3H3/b8-7-. The Morgan fingerprint density at radius 2 is 2.09 bits per heavy atom. The van der Waals surface area contributed by atoms with Gasteiger partial charge in [-0.25, -0.2) is 0 Å². The molecular weight excluding hydrogens is 136 g/mol. The fourth-order valence-electron chi connectivity index (χ4n) is 1.60. The Bertz CT molecular complexity index is 157. The third-order valence-electron chi connectivity index (χ3n) is 2.66. The minimum atomic E-state index is 0.498. The van der Waals surface area contributed by atoms with E-state index in [4.69, 9.17) is 0 Å². The lowest BCUT2D eigenvalue weighted by atomic mass is 10.00. The van der Waals surface area contributed by atoms with E-state index < -0.39 is 0 Å². The molecule has 1 rings (SSSR count). The van der Waals surface area contributed by atoms with Crippen molar-refractivity contribution in [1.82, 2.24) is 10.6 Å². The van der Waals surface area contributed by atoms with Crippen molar-refractivity contribution in [3.8, 4) is 0 Å². The van der Waals surface area contributed by atoms with Gasteiger partial charge in [0.15, 0.2) is 0 Å². The van der Waals surface area contributed by atoms with E-state index in [0.29, 0.717) is 5.41 Å². The highest BCUT2D eigenvalue weighted by atomic mass is 14.9. The van der Waals surface area contributed by atoms with E-state index in [1.54, 1.807) is 0 Å². The summed E-state index contributed by atoms with van der Waals surface area (Å²) in [4.78, 5) is 0. The smallest absolute Gasteiger partial charge is 0.0326 e. The van der Waals surface area contributed by atoms with Crippen molar-refractivity contribution in [1.29, 1.82) is 0 Å². The average molecular weight is 154 g/mol. The number of hydrogen-bond donors (Lipinski definition) is 2. The molecule has 1 aliphatic carbocycles. The van der Waals surface area contributed by atoms with E-state index in [2.05, 4.69) is 23.8 Å². The van der Waals surface area contributed by atoms with E-state index in [1.165, 1.54) is 25.0 Å². The molecule has 0 bridgehead atoms. The normalized spacial score (nSPS) is 21.2. The second kappa shape index (κ2) is 3.16. The minimum Gasteiger partial charge on any atom is -0.393 e. The second-order valence-corrected chi connectivity index (χ2v) is 3.23. The van der Waals surface area contributed by atoms with Crippen LogP contribution in [0.5, 0.6) is 0 Å². The summed E-state index contributed by atoms with van der Waals surface area (Å²) in [5.74, 6) is 0. The van der Waals surface area contributed by atoms with Gasteiger partial charge in [0, 0.05) is 31.4 Å². The van der Waals surface area contributed by atoms with Crippen LogP contribution in [0.4, 0.5) is 0 Å². The van der Waals surface area contributed by atoms with Crippen molar-refractivity contribution in [2.45, 2.75) is 26.2 Å². The van der Waals surface area contributed by atoms with Gasteiger partial charge in [0.25, 0.3) is 0 Å². The van der Waals surface area contributed by atoms with E-state index in [0.717, 1.165) is 0 Å². The average Bonchev–Trinajstić information content (AvgIpc) is 2.81. The Hall–Kier alpha value is -0.660. The zero-order valence-corrected chi connectivity index (χ0v) is 7.70. The fourth-order valence-corrected chi connectivity index (χ4v) is 1.60. The molecule has 0 aliphatic heterocycles. The van der Waals surface area contributed by atoms with Crippen molar-refractivity contribution < 1.29 is 0 Å². The summed E-state index contributed by atoms with van der Waals surface area (Å²) in [5, 5.41) is 6.33. The van der Waals surface area contributed by atoms with Crippen LogP contribution in [-0.4, -0.2) is 14.1 Å². The number of hydrogen-bond acceptors (Lipinski definition) is 2. The van der Waals surface area contributed by atoms with Gasteiger partial charge in [0.2, 0.25) is 0 Å². The first kappa shape index (κ1) is 8.44. The number of allylic oxidation sites excluding steroid dienone is 1. The molecule has 0 aromatic rings. The zero-order chi connectivity index (χ0) is 8.32. The van der Waals surface area contributed by atoms with Crippen LogP contribution in [0.3, 0.4) is 0 Å². The molecule has 0 aromatic heterocycles. The van der Waals surface area contributed by atoms with Gasteiger partial charge >= 0.3 is 0 Å². The first-order chi connectivity index (χ1) is 5.29. The maximum atomic E-state index is 3.26. The summed E-state index contributed by atoms with van der Waals surface area (Å²) in [5.41, 5.74) is 1.86. The molecule has 2 nitrogen and oxygen atoms in total. The van der Waals surface area contributed by atoms with E-state index >= 15 is 0 Å². The van der Waals surface area contributed by atoms with Crippen LogP contribution in [0.2, 0.25) is 0 Å². The van der Waals surface area contributed by atoms with Gasteiger partial charge in [0.05, 0.1) is 0 Å². The van der Waals surface area contributed by atoms with Gasteiger partial charge in [0.1, 0.15) is 0 Å². The molecule has 0 heterocycles. The van der Waals surface area contributed by atoms with Gasteiger partial charge in [-0.2, -0.15) is 0 Å². The summed E-state index contributed by atoms with van der Waals surface area (Å²) < 4.78 is 0. The Morgan fingerprint density at radius 1 is 1.45 bits per heavy atom. The van der Waals surface area contributed by atoms with Gasteiger partial charge < -0.3 is 10.6 Å². The summed E-state index contributed by atoms with van der Waals surface area (Å²) in [7, 11) is 3.95. The van der Waals surface area contributed by atoms with Crippen molar-refractivity contribution in [2.24, 2.45) is 5.41 Å². The van der Waals surface area contributed by atoms with Crippen molar-refractivity contribution >= 4 is 0 Å². The third-order valence-corrected chi connectivity index (χ3v) is 2.66. The predicted molar refractivity (Wildman–Crippen MR) is 48.2 cm³/mol. The van der Waals surface area contributed by atoms with Crippen LogP contribution >= 0.6 is 0 Å². The lowest BCUT2D eigenvalue weighted by Crippen LogP contribution is -2.19. The summed E-state index contributed by atoms with van der Waals surface area (Å²) in [6.07, 6.45) is 6.02. The molecule has 0 amide bonds. The van der Waals surface area contributed by atoms with Crippen LogP contribution in [0, 0.1) is 5.41 Å². The van der Waals surface area contributed by atoms with Gasteiger partial charge in [-0.1, -0.05) is 6.92 Å². The molecular formula is C9H18N2. The largest absolute Gasteiger partial charge is 0.393 e. The van der Waals surface area contributed by atoms with Crippen LogP contribution < -0.4 is 10.6 Å². The molecule has 0 radical (unpaired) electrons. The predicted octanol–water partition coefficient (Wildman–Crippen LogP) is 1.46. The highest BCUT2D eigenvalue weighted by Crippen LogP contribution is 2.53. The summed E-state index contributed by atoms with van der Waals surface area (Å²) in [6, 6.07) is 0. The Morgan fingerprint density at radius 3 is 2.36 bits per heavy atom. The molecule has 11 heavy (non-hydrogen) atoms. The first-order valence-electron chi connectivity index (χ1n) is 4.35. The molecule has 0 aromatic carbocycles. The number of nitrogens with one attached hydrogen (secondary N) is 2. The highest BCUT2D eigenvalue weighted by molar-refractivity contribution is 5.18. The monoisotopic (exact) mass is 154 g/mol. The summed E-state index contributed by atoms with van der Waals surface area (Å²) >= 11 is 0. The molecule has 2 heteroatoms. The Balaban J connectivity index is 2.61. The van der Waals surface area contributed by atoms with Crippen molar-refractivity contribution in [2.75, 3.05) is 14.1 Å². The Kier molecular flexibility index (Phi) is 2.42. The quantitative estimate of drug-likeness (QED) is 0.640. The third kappa shape index (κ3) is 1.50. The lowest BCUT2D eigenvalue weighted by Gasteiger charge is -2.16. The van der Waals surface area contributed by atoms with Gasteiger partial charge in [-0.3, -0.25) is 0 Å². The molecule has 64 valence electrons. The molecule has 0 unspecified atom stereocenters. The number of rotatable bonds is 4. The van der Waals surface area contributed by atoms with E-state index in [9.17, 15) is 0 Å². The molecule has 1 aliphatic rings. The fraction of sp³-hybridized carbons (Fsp3) is 0.778. The van der Waals surface area contributed by atoms with Crippen molar-refractivity contribution in [3.63, 3.8) is 0 Å². The van der Waals surface area contributed by atoms with Crippen LogP contribution in [0.1, 0.15) is 26.2 Å². The van der Waals surface area contributed by atoms with E-state index in [-0.39, 0.29) is 0 Å². The maximum absolute atomic E-state index is 3.26. The molecule has 0 spiro atoms. The van der Waals surface area contributed by atoms with Crippen molar-refractivity contribution in [3.05, 3.63) is 11.9 Å². The minimum absolute atomic E-state index is 0.498. The summed E-state index contributed by atoms with van der Waals surface area (Å²) in [6.45, 7) is 2.26. The molecule has 2 N–H and O–H groups in total. The SMILES string of the molecule is CCC1(/C(=C/NC)NC)CC1. The maximum Gasteiger partial charge on any atom is 0.0326 e. The van der Waals surface area contributed by atoms with Crippen LogP contribution in [0.25, 0.3) is 0 Å².